The number of benzene rings is 1. The highest BCUT2D eigenvalue weighted by Crippen LogP contribution is 2.36. The molecule has 9 nitrogen and oxygen atoms in total. The third-order valence-electron chi connectivity index (χ3n) is 4.93. The summed E-state index contributed by atoms with van der Waals surface area (Å²) in [6, 6.07) is 8.80. The number of hydrogen-bond acceptors (Lipinski definition) is 9. The number of aromatic nitrogens is 3. The molecule has 0 aliphatic carbocycles. The number of rotatable bonds is 4. The van der Waals surface area contributed by atoms with E-state index in [2.05, 4.69) is 15.2 Å². The Morgan fingerprint density at radius 1 is 1.22 bits per heavy atom. The second-order valence-corrected chi connectivity index (χ2v) is 8.80. The summed E-state index contributed by atoms with van der Waals surface area (Å²) < 4.78 is 10.5. The van der Waals surface area contributed by atoms with E-state index < -0.39 is 5.90 Å². The molecule has 1 aromatic carbocycles. The maximum Gasteiger partial charge on any atom is 0.324 e. The minimum absolute atomic E-state index is 0.0833. The first-order chi connectivity index (χ1) is 15.5. The first kappa shape index (κ1) is 21.0. The second-order valence-electron chi connectivity index (χ2n) is 6.96. The van der Waals surface area contributed by atoms with Gasteiger partial charge in [-0.25, -0.2) is 9.98 Å². The van der Waals surface area contributed by atoms with Gasteiger partial charge in [0.2, 0.25) is 5.27 Å². The van der Waals surface area contributed by atoms with Crippen molar-refractivity contribution in [2.24, 2.45) is 4.99 Å². The van der Waals surface area contributed by atoms with Gasteiger partial charge in [0, 0.05) is 21.9 Å². The van der Waals surface area contributed by atoms with Crippen LogP contribution >= 0.6 is 34.5 Å². The van der Waals surface area contributed by atoms with Crippen LogP contribution in [0, 0.1) is 0 Å². The normalized spacial score (nSPS) is 14.9. The number of fused-ring (bicyclic) bond motifs is 1. The molecule has 0 atom stereocenters. The van der Waals surface area contributed by atoms with Crippen LogP contribution in [0.3, 0.4) is 0 Å². The number of morpholine rings is 1. The van der Waals surface area contributed by atoms with Crippen LogP contribution in [0.2, 0.25) is 10.0 Å². The number of aliphatic imine (C=N–C) groups is 1. The van der Waals surface area contributed by atoms with Gasteiger partial charge in [-0.2, -0.15) is 0 Å². The van der Waals surface area contributed by atoms with Crippen molar-refractivity contribution in [3.63, 3.8) is 0 Å². The molecule has 2 N–H and O–H groups in total. The molecule has 4 aromatic rings. The molecule has 0 unspecified atom stereocenters. The highest BCUT2D eigenvalue weighted by Gasteiger charge is 2.23. The maximum atomic E-state index is 12.8. The molecular formula is C20H16Cl2N6O3S. The number of nitrogen functional groups attached to an aromatic ring is 1. The van der Waals surface area contributed by atoms with Crippen LogP contribution in [0.25, 0.3) is 21.5 Å². The van der Waals surface area contributed by atoms with Crippen LogP contribution in [0.1, 0.15) is 4.88 Å². The van der Waals surface area contributed by atoms with Crippen LogP contribution in [-0.4, -0.2) is 42.5 Å². The first-order valence-corrected chi connectivity index (χ1v) is 11.2. The number of nitrogens with two attached hydrogens (primary N) is 1. The van der Waals surface area contributed by atoms with Crippen molar-refractivity contribution in [1.82, 2.24) is 10.3 Å². The van der Waals surface area contributed by atoms with E-state index in [1.165, 1.54) is 4.79 Å². The fourth-order valence-corrected chi connectivity index (χ4v) is 4.81. The second kappa shape index (κ2) is 8.55. The Labute approximate surface area is 196 Å². The summed E-state index contributed by atoms with van der Waals surface area (Å²) >= 11 is 13.4. The van der Waals surface area contributed by atoms with Crippen LogP contribution < -0.4 is 20.6 Å². The molecule has 4 heterocycles. The zero-order valence-corrected chi connectivity index (χ0v) is 18.8. The van der Waals surface area contributed by atoms with Gasteiger partial charge in [-0.05, 0) is 30.3 Å². The van der Waals surface area contributed by atoms with Gasteiger partial charge in [0.25, 0.3) is 6.20 Å². The van der Waals surface area contributed by atoms with Gasteiger partial charge in [-0.15, -0.1) is 16.3 Å². The number of ether oxygens (including phenoxy) is 1. The first-order valence-electron chi connectivity index (χ1n) is 9.62. The van der Waals surface area contributed by atoms with Crippen LogP contribution in [0.4, 0.5) is 11.6 Å². The molecule has 0 bridgehead atoms. The Balaban J connectivity index is 1.46. The molecule has 0 saturated carbocycles. The molecule has 1 saturated heterocycles. The van der Waals surface area contributed by atoms with E-state index in [0.717, 1.165) is 16.9 Å². The van der Waals surface area contributed by atoms with Crippen LogP contribution in [-0.2, 0) is 4.74 Å². The van der Waals surface area contributed by atoms with E-state index in [9.17, 15) is 5.11 Å². The zero-order chi connectivity index (χ0) is 22.2. The molecule has 5 rings (SSSR count). The van der Waals surface area contributed by atoms with Gasteiger partial charge in [0.1, 0.15) is 4.83 Å². The summed E-state index contributed by atoms with van der Waals surface area (Å²) in [7, 11) is 0. The lowest BCUT2D eigenvalue weighted by atomic mass is 10.1. The van der Waals surface area contributed by atoms with Crippen molar-refractivity contribution >= 4 is 62.2 Å². The summed E-state index contributed by atoms with van der Waals surface area (Å²) in [4.78, 5) is 11.1. The maximum absolute atomic E-state index is 12.8. The fourth-order valence-electron chi connectivity index (χ4n) is 3.32. The Hall–Kier alpha value is -2.92. The minimum atomic E-state index is -0.526. The lowest BCUT2D eigenvalue weighted by molar-refractivity contribution is -0.759. The van der Waals surface area contributed by atoms with Gasteiger partial charge in [0.15, 0.2) is 0 Å². The predicted octanol–water partition coefficient (Wildman–Crippen LogP) is 2.53. The highest BCUT2D eigenvalue weighted by molar-refractivity contribution is 7.21. The average molecular weight is 491 g/mol. The number of halogens is 2. The van der Waals surface area contributed by atoms with Gasteiger partial charge < -0.3 is 15.6 Å². The van der Waals surface area contributed by atoms with Crippen LogP contribution in [0.5, 0.6) is 0 Å². The summed E-state index contributed by atoms with van der Waals surface area (Å²) in [5, 5.41) is 20.3. The van der Waals surface area contributed by atoms with Crippen molar-refractivity contribution in [2.45, 2.75) is 0 Å². The number of nitrogens with zero attached hydrogens (tertiary/aromatic N) is 5. The fraction of sp³-hybridized carbons (Fsp3) is 0.200. The predicted molar refractivity (Wildman–Crippen MR) is 121 cm³/mol. The lowest BCUT2D eigenvalue weighted by Gasteiger charge is -2.18. The number of anilines is 1. The van der Waals surface area contributed by atoms with Gasteiger partial charge >= 0.3 is 5.88 Å². The molecule has 0 radical (unpaired) electrons. The van der Waals surface area contributed by atoms with E-state index in [1.807, 2.05) is 11.1 Å². The molecule has 1 fully saturated rings. The SMILES string of the molecule is Nc1c(/C([O-])=N/c2c[n+](N3CCOCC3)no2)sc2nc(-c3ccc(Cl)cc3Cl)ccc12. The summed E-state index contributed by atoms with van der Waals surface area (Å²) in [6.45, 7) is 2.53. The molecular weight excluding hydrogens is 475 g/mol. The van der Waals surface area contributed by atoms with Crippen LogP contribution in [0.15, 0.2) is 46.0 Å². The molecule has 3 aromatic heterocycles. The Morgan fingerprint density at radius 3 is 2.81 bits per heavy atom. The quantitative estimate of drug-likeness (QED) is 0.265. The van der Waals surface area contributed by atoms with E-state index in [0.29, 0.717) is 57.9 Å². The molecule has 32 heavy (non-hydrogen) atoms. The largest absolute Gasteiger partial charge is 0.857 e. The van der Waals surface area contributed by atoms with E-state index >= 15 is 0 Å². The van der Waals surface area contributed by atoms with Crippen molar-refractivity contribution in [2.75, 3.05) is 37.0 Å². The minimum Gasteiger partial charge on any atom is -0.857 e. The van der Waals surface area contributed by atoms with Crippen molar-refractivity contribution in [3.05, 3.63) is 51.5 Å². The summed E-state index contributed by atoms with van der Waals surface area (Å²) in [6.07, 6.45) is 1.55. The molecule has 1 aliphatic heterocycles. The summed E-state index contributed by atoms with van der Waals surface area (Å²) in [5.74, 6) is -0.443. The van der Waals surface area contributed by atoms with Gasteiger partial charge in [0.05, 0.1) is 52.4 Å². The average Bonchev–Trinajstić information content (AvgIpc) is 3.39. The third kappa shape index (κ3) is 3.97. The smallest absolute Gasteiger partial charge is 0.324 e. The Kier molecular flexibility index (Phi) is 5.60. The standard InChI is InChI=1S/C20H16Cl2N6O3S/c21-11-1-2-12(14(22)9-11)15-4-3-13-17(23)18(32-20(13)24-15)19(29)25-16-10-28(26-31-16)27-5-7-30-8-6-27/h1-4,9-10H,5-8H2,(H2-,23,25,26,29). The highest BCUT2D eigenvalue weighted by atomic mass is 35.5. The number of thiophene rings is 1. The van der Waals surface area contributed by atoms with Gasteiger partial charge in [-0.1, -0.05) is 23.2 Å². The topological polar surface area (TPSA) is 117 Å². The third-order valence-corrected chi connectivity index (χ3v) is 6.58. The lowest BCUT2D eigenvalue weighted by Crippen LogP contribution is -2.62. The van der Waals surface area contributed by atoms with Crippen molar-refractivity contribution < 1.29 is 19.2 Å². The number of hydrogen-bond donors (Lipinski definition) is 1. The Morgan fingerprint density at radius 2 is 2.03 bits per heavy atom. The van der Waals surface area contributed by atoms with E-state index in [1.54, 1.807) is 30.5 Å². The molecule has 12 heteroatoms. The molecule has 164 valence electrons. The van der Waals surface area contributed by atoms with E-state index in [4.69, 9.17) is 38.2 Å². The van der Waals surface area contributed by atoms with E-state index in [-0.39, 0.29) is 10.8 Å². The Bertz CT molecular complexity index is 1330. The molecule has 0 amide bonds. The number of pyridine rings is 1. The monoisotopic (exact) mass is 490 g/mol. The van der Waals surface area contributed by atoms with Crippen molar-refractivity contribution in [3.8, 4) is 11.3 Å². The zero-order valence-electron chi connectivity index (χ0n) is 16.5. The van der Waals surface area contributed by atoms with Crippen molar-refractivity contribution in [1.29, 1.82) is 0 Å². The van der Waals surface area contributed by atoms with Gasteiger partial charge in [-0.3, -0.25) is 4.52 Å². The molecule has 1 aliphatic rings. The molecule has 0 spiro atoms. The summed E-state index contributed by atoms with van der Waals surface area (Å²) in [5.41, 5.74) is 7.93.